The van der Waals surface area contributed by atoms with Gasteiger partial charge in [-0.3, -0.25) is 4.79 Å². The number of nitrogens with zero attached hydrogens (tertiary/aromatic N) is 1. The largest absolute Gasteiger partial charge is 0.342 e. The number of hydrogen-bond acceptors (Lipinski definition) is 2. The fourth-order valence-corrected chi connectivity index (χ4v) is 2.95. The van der Waals surface area contributed by atoms with Gasteiger partial charge >= 0.3 is 0 Å². The molecule has 0 aromatic rings. The summed E-state index contributed by atoms with van der Waals surface area (Å²) >= 11 is 0. The van der Waals surface area contributed by atoms with Gasteiger partial charge in [-0.2, -0.15) is 0 Å². The van der Waals surface area contributed by atoms with Gasteiger partial charge in [0, 0.05) is 25.6 Å². The van der Waals surface area contributed by atoms with Gasteiger partial charge in [0.2, 0.25) is 5.91 Å². The molecule has 2 unspecified atom stereocenters. The molecule has 0 radical (unpaired) electrons. The van der Waals surface area contributed by atoms with Crippen LogP contribution in [0.25, 0.3) is 0 Å². The highest BCUT2D eigenvalue weighted by Gasteiger charge is 2.59. The quantitative estimate of drug-likeness (QED) is 0.826. The average molecular weight is 247 g/mol. The molecule has 2 N–H and O–H groups in total. The van der Waals surface area contributed by atoms with Crippen molar-refractivity contribution >= 4 is 18.3 Å². The minimum absolute atomic E-state index is 0. The molecule has 0 aromatic heterocycles. The molecule has 1 amide bonds. The zero-order valence-corrected chi connectivity index (χ0v) is 11.1. The zero-order valence-electron chi connectivity index (χ0n) is 10.2. The van der Waals surface area contributed by atoms with E-state index >= 15 is 0 Å². The number of carbonyl (C=O) groups is 1. The molecule has 0 aromatic carbocycles. The summed E-state index contributed by atoms with van der Waals surface area (Å²) in [5.41, 5.74) is 6.00. The first kappa shape index (κ1) is 13.8. The highest BCUT2D eigenvalue weighted by Crippen LogP contribution is 2.63. The molecular formula is C12H23ClN2O. The van der Waals surface area contributed by atoms with E-state index in [-0.39, 0.29) is 18.4 Å². The Balaban J connectivity index is 0.00000128. The Bertz CT molecular complexity index is 264. The first-order chi connectivity index (χ1) is 7.10. The lowest BCUT2D eigenvalue weighted by atomic mass is 10.0. The van der Waals surface area contributed by atoms with Crippen LogP contribution in [-0.2, 0) is 4.79 Å². The Labute approximate surface area is 104 Å². The van der Waals surface area contributed by atoms with Crippen LogP contribution in [0.4, 0.5) is 0 Å². The van der Waals surface area contributed by atoms with E-state index < -0.39 is 0 Å². The molecule has 0 saturated heterocycles. The van der Waals surface area contributed by atoms with E-state index in [2.05, 4.69) is 0 Å². The summed E-state index contributed by atoms with van der Waals surface area (Å²) in [7, 11) is 1.89. The highest BCUT2D eigenvalue weighted by molar-refractivity contribution is 5.85. The van der Waals surface area contributed by atoms with Crippen molar-refractivity contribution in [3.05, 3.63) is 0 Å². The van der Waals surface area contributed by atoms with Crippen LogP contribution in [-0.4, -0.2) is 30.4 Å². The summed E-state index contributed by atoms with van der Waals surface area (Å²) in [5, 5.41) is 0. The number of amides is 1. The van der Waals surface area contributed by atoms with Gasteiger partial charge in [-0.1, -0.05) is 12.8 Å². The van der Waals surface area contributed by atoms with Gasteiger partial charge in [0.1, 0.15) is 0 Å². The average Bonchev–Trinajstić information content (AvgIpc) is 2.73. The molecule has 2 atom stereocenters. The van der Waals surface area contributed by atoms with Crippen molar-refractivity contribution in [1.29, 1.82) is 0 Å². The number of likely N-dealkylation sites (N-methyl/N-ethyl adjacent to an activating group) is 1. The summed E-state index contributed by atoms with van der Waals surface area (Å²) in [6.45, 7) is 2.57. The summed E-state index contributed by atoms with van der Waals surface area (Å²) in [4.78, 5) is 14.0. The van der Waals surface area contributed by atoms with Gasteiger partial charge < -0.3 is 10.6 Å². The van der Waals surface area contributed by atoms with E-state index in [1.54, 1.807) is 0 Å². The Kier molecular flexibility index (Phi) is 4.24. The number of hydrogen-bond donors (Lipinski definition) is 1. The lowest BCUT2D eigenvalue weighted by Gasteiger charge is -2.24. The highest BCUT2D eigenvalue weighted by atomic mass is 35.5. The van der Waals surface area contributed by atoms with E-state index in [0.717, 1.165) is 6.42 Å². The lowest BCUT2D eigenvalue weighted by molar-refractivity contribution is -0.133. The van der Waals surface area contributed by atoms with Gasteiger partial charge in [-0.25, -0.2) is 0 Å². The van der Waals surface area contributed by atoms with Crippen molar-refractivity contribution in [3.63, 3.8) is 0 Å². The van der Waals surface area contributed by atoms with Gasteiger partial charge in [0.15, 0.2) is 0 Å². The molecule has 0 heterocycles. The molecule has 2 aliphatic rings. The number of carbonyl (C=O) groups excluding carboxylic acids is 1. The predicted molar refractivity (Wildman–Crippen MR) is 67.5 cm³/mol. The topological polar surface area (TPSA) is 46.3 Å². The number of nitrogens with two attached hydrogens (primary N) is 1. The van der Waals surface area contributed by atoms with Gasteiger partial charge in [-0.05, 0) is 31.6 Å². The Hall–Kier alpha value is -0.280. The van der Waals surface area contributed by atoms with Crippen molar-refractivity contribution < 1.29 is 4.79 Å². The first-order valence-corrected chi connectivity index (χ1v) is 6.07. The smallest absolute Gasteiger partial charge is 0.226 e. The van der Waals surface area contributed by atoms with E-state index in [0.29, 0.717) is 23.8 Å². The van der Waals surface area contributed by atoms with Gasteiger partial charge in [0.25, 0.3) is 0 Å². The third-order valence-corrected chi connectivity index (χ3v) is 4.44. The van der Waals surface area contributed by atoms with Crippen LogP contribution in [0.5, 0.6) is 0 Å². The van der Waals surface area contributed by atoms with Crippen LogP contribution in [0.3, 0.4) is 0 Å². The maximum absolute atomic E-state index is 12.1. The molecule has 4 heteroatoms. The molecule has 0 aliphatic heterocycles. The van der Waals surface area contributed by atoms with Crippen LogP contribution in [0.1, 0.15) is 39.0 Å². The second-order valence-electron chi connectivity index (χ2n) is 5.36. The molecule has 2 saturated carbocycles. The molecule has 16 heavy (non-hydrogen) atoms. The van der Waals surface area contributed by atoms with E-state index in [1.165, 1.54) is 25.7 Å². The summed E-state index contributed by atoms with van der Waals surface area (Å²) < 4.78 is 0. The van der Waals surface area contributed by atoms with Crippen LogP contribution >= 0.6 is 12.4 Å². The van der Waals surface area contributed by atoms with Crippen LogP contribution < -0.4 is 5.73 Å². The second-order valence-corrected chi connectivity index (χ2v) is 5.36. The van der Waals surface area contributed by atoms with Gasteiger partial charge in [-0.15, -0.1) is 12.4 Å². The molecule has 3 nitrogen and oxygen atoms in total. The molecule has 94 valence electrons. The van der Waals surface area contributed by atoms with Crippen molar-refractivity contribution in [3.8, 4) is 0 Å². The van der Waals surface area contributed by atoms with Crippen molar-refractivity contribution in [2.75, 3.05) is 13.6 Å². The monoisotopic (exact) mass is 246 g/mol. The molecule has 0 bridgehead atoms. The van der Waals surface area contributed by atoms with Crippen molar-refractivity contribution in [1.82, 2.24) is 4.90 Å². The third kappa shape index (κ3) is 2.21. The molecule has 2 rings (SSSR count). The summed E-state index contributed by atoms with van der Waals surface area (Å²) in [6, 6.07) is 0.177. The summed E-state index contributed by atoms with van der Waals surface area (Å²) in [6.07, 6.45) is 6.32. The standard InChI is InChI=1S/C12H22N2O.ClH/c1-9(8-13)14(2)11(15)10-7-12(10)5-3-4-6-12;/h9-10H,3-8,13H2,1-2H3;1H. The summed E-state index contributed by atoms with van der Waals surface area (Å²) in [5.74, 6) is 0.647. The molecule has 2 fully saturated rings. The SMILES string of the molecule is CC(CN)N(C)C(=O)C1CC12CCCC2.Cl. The normalized spacial score (nSPS) is 27.3. The predicted octanol–water partition coefficient (Wildman–Crippen LogP) is 1.79. The van der Waals surface area contributed by atoms with Crippen molar-refractivity contribution in [2.24, 2.45) is 17.1 Å². The molecule has 2 aliphatic carbocycles. The van der Waals surface area contributed by atoms with E-state index in [9.17, 15) is 4.79 Å². The van der Waals surface area contributed by atoms with E-state index in [4.69, 9.17) is 5.73 Å². The fourth-order valence-electron chi connectivity index (χ4n) is 2.95. The van der Waals surface area contributed by atoms with E-state index in [1.807, 2.05) is 18.9 Å². The van der Waals surface area contributed by atoms with Gasteiger partial charge in [0.05, 0.1) is 0 Å². The first-order valence-electron chi connectivity index (χ1n) is 6.07. The molecule has 1 spiro atoms. The zero-order chi connectivity index (χ0) is 11.1. The number of rotatable bonds is 3. The molecular weight excluding hydrogens is 224 g/mol. The fraction of sp³-hybridized carbons (Fsp3) is 0.917. The van der Waals surface area contributed by atoms with Crippen molar-refractivity contribution in [2.45, 2.75) is 45.1 Å². The minimum Gasteiger partial charge on any atom is -0.342 e. The van der Waals surface area contributed by atoms with Crippen LogP contribution in [0.2, 0.25) is 0 Å². The van der Waals surface area contributed by atoms with Crippen LogP contribution in [0.15, 0.2) is 0 Å². The minimum atomic E-state index is 0. The Morgan fingerprint density at radius 1 is 1.50 bits per heavy atom. The maximum Gasteiger partial charge on any atom is 0.226 e. The third-order valence-electron chi connectivity index (χ3n) is 4.44. The Morgan fingerprint density at radius 3 is 2.56 bits per heavy atom. The second kappa shape index (κ2) is 4.92. The van der Waals surface area contributed by atoms with Crippen LogP contribution in [0, 0.1) is 11.3 Å². The maximum atomic E-state index is 12.1. The lowest BCUT2D eigenvalue weighted by Crippen LogP contribution is -2.41. The number of halogens is 1. The Morgan fingerprint density at radius 2 is 2.06 bits per heavy atom.